The summed E-state index contributed by atoms with van der Waals surface area (Å²) in [6.45, 7) is 1.76. The summed E-state index contributed by atoms with van der Waals surface area (Å²) in [6, 6.07) is 15.8. The number of fused-ring (bicyclic) bond motifs is 1. The van der Waals surface area contributed by atoms with Gasteiger partial charge in [-0.15, -0.1) is 0 Å². The second-order valence-electron chi connectivity index (χ2n) is 5.09. The lowest BCUT2D eigenvalue weighted by Gasteiger charge is -2.10. The van der Waals surface area contributed by atoms with Crippen LogP contribution in [0.4, 0.5) is 19.0 Å². The maximum absolute atomic E-state index is 13.0. The second kappa shape index (κ2) is 6.27. The fraction of sp³-hybridized carbons (Fsp3) is 0.118. The van der Waals surface area contributed by atoms with Crippen LogP contribution in [0.1, 0.15) is 18.3 Å². The van der Waals surface area contributed by atoms with Crippen molar-refractivity contribution in [1.82, 2.24) is 9.97 Å². The molecule has 122 valence electrons. The van der Waals surface area contributed by atoms with Crippen molar-refractivity contribution < 1.29 is 13.2 Å². The number of nitrogens with one attached hydrogen (secondary N) is 1. The Morgan fingerprint density at radius 3 is 2.33 bits per heavy atom. The zero-order valence-electron chi connectivity index (χ0n) is 12.7. The van der Waals surface area contributed by atoms with E-state index in [2.05, 4.69) is 20.5 Å². The van der Waals surface area contributed by atoms with Crippen LogP contribution in [0.25, 0.3) is 10.9 Å². The normalized spacial score (nSPS) is 12.4. The molecule has 1 heterocycles. The smallest absolute Gasteiger partial charge is 0.260 e. The number of rotatable bonds is 3. The molecule has 3 rings (SSSR count). The first-order valence-corrected chi connectivity index (χ1v) is 7.15. The molecule has 0 amide bonds. The third-order valence-corrected chi connectivity index (χ3v) is 3.38. The van der Waals surface area contributed by atoms with Crippen LogP contribution in [0.2, 0.25) is 0 Å². The predicted molar refractivity (Wildman–Crippen MR) is 86.8 cm³/mol. The fourth-order valence-electron chi connectivity index (χ4n) is 2.17. The SMILES string of the molecule is C/C(=N/Nc1nc(C(F)(F)F)nc2ccccc12)c1ccccc1. The Bertz CT molecular complexity index is 889. The van der Waals surface area contributed by atoms with Gasteiger partial charge in [-0.05, 0) is 24.6 Å². The highest BCUT2D eigenvalue weighted by Gasteiger charge is 2.35. The van der Waals surface area contributed by atoms with E-state index in [0.29, 0.717) is 11.1 Å². The Kier molecular flexibility index (Phi) is 4.16. The van der Waals surface area contributed by atoms with Crippen LogP contribution in [0.5, 0.6) is 0 Å². The number of halogens is 3. The standard InChI is InChI=1S/C17H13F3N4/c1-11(12-7-3-2-4-8-12)23-24-15-13-9-5-6-10-14(13)21-16(22-15)17(18,19)20/h2-10H,1H3,(H,21,22,24)/b23-11-. The van der Waals surface area contributed by atoms with Gasteiger partial charge < -0.3 is 0 Å². The second-order valence-corrected chi connectivity index (χ2v) is 5.09. The molecule has 0 bridgehead atoms. The molecular weight excluding hydrogens is 317 g/mol. The number of hydrogen-bond donors (Lipinski definition) is 1. The first kappa shape index (κ1) is 15.9. The Balaban J connectivity index is 2.02. The van der Waals surface area contributed by atoms with Gasteiger partial charge in [-0.1, -0.05) is 42.5 Å². The first-order valence-electron chi connectivity index (χ1n) is 7.15. The minimum atomic E-state index is -4.63. The average molecular weight is 330 g/mol. The highest BCUT2D eigenvalue weighted by atomic mass is 19.4. The minimum absolute atomic E-state index is 0.0169. The molecule has 0 saturated carbocycles. The number of hydrazone groups is 1. The van der Waals surface area contributed by atoms with Crippen LogP contribution < -0.4 is 5.43 Å². The summed E-state index contributed by atoms with van der Waals surface area (Å²) in [7, 11) is 0. The van der Waals surface area contributed by atoms with Gasteiger partial charge >= 0.3 is 6.18 Å². The molecule has 4 nitrogen and oxygen atoms in total. The molecule has 0 saturated heterocycles. The Hall–Kier alpha value is -2.96. The van der Waals surface area contributed by atoms with Crippen molar-refractivity contribution in [2.24, 2.45) is 5.10 Å². The van der Waals surface area contributed by atoms with Crippen molar-refractivity contribution in [1.29, 1.82) is 0 Å². The molecule has 0 radical (unpaired) electrons. The van der Waals surface area contributed by atoms with Crippen LogP contribution in [0.15, 0.2) is 59.7 Å². The van der Waals surface area contributed by atoms with Crippen LogP contribution in [0.3, 0.4) is 0 Å². The van der Waals surface area contributed by atoms with Gasteiger partial charge in [-0.25, -0.2) is 9.97 Å². The molecule has 0 aliphatic heterocycles. The van der Waals surface area contributed by atoms with Crippen molar-refractivity contribution in [3.8, 4) is 0 Å². The summed E-state index contributed by atoms with van der Waals surface area (Å²) in [5.74, 6) is -1.18. The lowest BCUT2D eigenvalue weighted by molar-refractivity contribution is -0.144. The molecule has 0 atom stereocenters. The van der Waals surface area contributed by atoms with Gasteiger partial charge in [-0.3, -0.25) is 5.43 Å². The topological polar surface area (TPSA) is 50.2 Å². The van der Waals surface area contributed by atoms with E-state index in [0.717, 1.165) is 5.56 Å². The summed E-state index contributed by atoms with van der Waals surface area (Å²) in [5, 5.41) is 4.61. The molecule has 3 aromatic rings. The van der Waals surface area contributed by atoms with Crippen molar-refractivity contribution >= 4 is 22.4 Å². The average Bonchev–Trinajstić information content (AvgIpc) is 2.59. The van der Waals surface area contributed by atoms with Gasteiger partial charge in [0.25, 0.3) is 0 Å². The zero-order valence-corrected chi connectivity index (χ0v) is 12.7. The monoisotopic (exact) mass is 330 g/mol. The predicted octanol–water partition coefficient (Wildman–Crippen LogP) is 4.48. The van der Waals surface area contributed by atoms with Crippen molar-refractivity contribution in [3.63, 3.8) is 0 Å². The number of para-hydroxylation sites is 1. The minimum Gasteiger partial charge on any atom is -0.260 e. The summed E-state index contributed by atoms with van der Waals surface area (Å²) in [5.41, 5.74) is 4.33. The number of alkyl halides is 3. The molecule has 7 heteroatoms. The summed E-state index contributed by atoms with van der Waals surface area (Å²) in [4.78, 5) is 7.15. The summed E-state index contributed by atoms with van der Waals surface area (Å²) in [6.07, 6.45) is -4.63. The van der Waals surface area contributed by atoms with Crippen LogP contribution in [-0.4, -0.2) is 15.7 Å². The number of anilines is 1. The van der Waals surface area contributed by atoms with E-state index < -0.39 is 12.0 Å². The van der Waals surface area contributed by atoms with Crippen molar-refractivity contribution in [2.75, 3.05) is 5.43 Å². The summed E-state index contributed by atoms with van der Waals surface area (Å²) >= 11 is 0. The number of hydrogen-bond acceptors (Lipinski definition) is 4. The highest BCUT2D eigenvalue weighted by molar-refractivity contribution is 5.99. The number of aromatic nitrogens is 2. The maximum atomic E-state index is 13.0. The maximum Gasteiger partial charge on any atom is 0.451 e. The van der Waals surface area contributed by atoms with Crippen LogP contribution in [-0.2, 0) is 6.18 Å². The largest absolute Gasteiger partial charge is 0.451 e. The number of benzene rings is 2. The molecule has 24 heavy (non-hydrogen) atoms. The van der Waals surface area contributed by atoms with Crippen LogP contribution >= 0.6 is 0 Å². The lowest BCUT2D eigenvalue weighted by Crippen LogP contribution is -2.13. The van der Waals surface area contributed by atoms with Crippen molar-refractivity contribution in [3.05, 3.63) is 66.0 Å². The third-order valence-electron chi connectivity index (χ3n) is 3.38. The molecule has 1 aromatic heterocycles. The van der Waals surface area contributed by atoms with E-state index in [1.807, 2.05) is 30.3 Å². The molecule has 1 N–H and O–H groups in total. The fourth-order valence-corrected chi connectivity index (χ4v) is 2.17. The lowest BCUT2D eigenvalue weighted by atomic mass is 10.1. The van der Waals surface area contributed by atoms with Gasteiger partial charge in [0.05, 0.1) is 11.2 Å². The van der Waals surface area contributed by atoms with Gasteiger partial charge in [0.15, 0.2) is 5.82 Å². The molecule has 2 aromatic carbocycles. The van der Waals surface area contributed by atoms with Gasteiger partial charge in [0, 0.05) is 5.39 Å². The zero-order chi connectivity index (χ0) is 17.2. The molecule has 0 spiro atoms. The Morgan fingerprint density at radius 1 is 0.958 bits per heavy atom. The van der Waals surface area contributed by atoms with E-state index in [9.17, 15) is 13.2 Å². The Morgan fingerprint density at radius 2 is 1.62 bits per heavy atom. The molecule has 0 unspecified atom stereocenters. The van der Waals surface area contributed by atoms with E-state index in [-0.39, 0.29) is 11.3 Å². The van der Waals surface area contributed by atoms with Gasteiger partial charge in [0.2, 0.25) is 5.82 Å². The first-order chi connectivity index (χ1) is 11.4. The number of nitrogens with zero attached hydrogens (tertiary/aromatic N) is 3. The summed E-state index contributed by atoms with van der Waals surface area (Å²) < 4.78 is 38.9. The van der Waals surface area contributed by atoms with Crippen molar-refractivity contribution in [2.45, 2.75) is 13.1 Å². The quantitative estimate of drug-likeness (QED) is 0.569. The van der Waals surface area contributed by atoms with E-state index in [1.54, 1.807) is 25.1 Å². The van der Waals surface area contributed by atoms with Gasteiger partial charge in [-0.2, -0.15) is 18.3 Å². The van der Waals surface area contributed by atoms with E-state index in [1.165, 1.54) is 6.07 Å². The molecule has 0 aliphatic carbocycles. The third kappa shape index (κ3) is 3.34. The highest BCUT2D eigenvalue weighted by Crippen LogP contribution is 2.30. The molecule has 0 aliphatic rings. The van der Waals surface area contributed by atoms with Crippen LogP contribution in [0, 0.1) is 0 Å². The van der Waals surface area contributed by atoms with E-state index >= 15 is 0 Å². The van der Waals surface area contributed by atoms with E-state index in [4.69, 9.17) is 0 Å². The Labute approximate surface area is 136 Å². The molecular formula is C17H13F3N4. The molecule has 0 fully saturated rings. The van der Waals surface area contributed by atoms with Gasteiger partial charge in [0.1, 0.15) is 0 Å².